The Morgan fingerprint density at radius 1 is 1.14 bits per heavy atom. The van der Waals surface area contributed by atoms with Crippen molar-refractivity contribution >= 4 is 52.4 Å². The summed E-state index contributed by atoms with van der Waals surface area (Å²) in [7, 11) is 1.35. The summed E-state index contributed by atoms with van der Waals surface area (Å²) in [4.78, 5) is 47.4. The zero-order valence-electron chi connectivity index (χ0n) is 15.1. The number of esters is 1. The van der Waals surface area contributed by atoms with Gasteiger partial charge in [-0.15, -0.1) is 0 Å². The number of anilines is 1. The second-order valence-corrected chi connectivity index (χ2v) is 6.59. The third-order valence-corrected chi connectivity index (χ3v) is 4.32. The second kappa shape index (κ2) is 9.85. The van der Waals surface area contributed by atoms with Gasteiger partial charge >= 0.3 is 5.97 Å². The van der Waals surface area contributed by atoms with Crippen molar-refractivity contribution in [3.8, 4) is 0 Å². The predicted octanol–water partition coefficient (Wildman–Crippen LogP) is 3.16. The molecule has 2 amide bonds. The van der Waals surface area contributed by atoms with Gasteiger partial charge in [0.15, 0.2) is 6.61 Å². The summed E-state index contributed by atoms with van der Waals surface area (Å²) in [6.45, 7) is -0.979. The molecule has 0 aliphatic heterocycles. The number of halogens is 2. The van der Waals surface area contributed by atoms with Crippen molar-refractivity contribution in [1.82, 2.24) is 4.90 Å². The Hall–Kier alpha value is -3.17. The van der Waals surface area contributed by atoms with E-state index < -0.39 is 29.3 Å². The minimum Gasteiger partial charge on any atom is -0.452 e. The van der Waals surface area contributed by atoms with Crippen LogP contribution in [0.4, 0.5) is 11.4 Å². The standard InChI is InChI=1S/C18H15Cl2N3O6/c1-22(9-16(24)21-15-5-3-2-4-14(15)20)17(25)10-29-18(26)12-8-11(23(27)28)6-7-13(12)19/h2-8H,9-10H2,1H3,(H,21,24). The average molecular weight is 440 g/mol. The third-order valence-electron chi connectivity index (χ3n) is 3.66. The molecule has 2 rings (SSSR count). The molecule has 11 heteroatoms. The van der Waals surface area contributed by atoms with Gasteiger partial charge in [0.1, 0.15) is 0 Å². The van der Waals surface area contributed by atoms with Gasteiger partial charge in [0.05, 0.1) is 32.8 Å². The van der Waals surface area contributed by atoms with Crippen LogP contribution >= 0.6 is 23.2 Å². The van der Waals surface area contributed by atoms with Crippen LogP contribution in [0.1, 0.15) is 10.4 Å². The van der Waals surface area contributed by atoms with E-state index in [0.29, 0.717) is 10.7 Å². The first kappa shape index (κ1) is 22.1. The first-order valence-electron chi connectivity index (χ1n) is 8.08. The number of carbonyl (C=O) groups excluding carboxylic acids is 3. The molecule has 29 heavy (non-hydrogen) atoms. The Balaban J connectivity index is 1.90. The number of rotatable bonds is 7. The summed E-state index contributed by atoms with van der Waals surface area (Å²) >= 11 is 11.8. The van der Waals surface area contributed by atoms with Crippen LogP contribution in [-0.2, 0) is 14.3 Å². The summed E-state index contributed by atoms with van der Waals surface area (Å²) < 4.78 is 4.86. The Labute approximate surface area is 175 Å². The van der Waals surface area contributed by atoms with Gasteiger partial charge in [-0.3, -0.25) is 19.7 Å². The van der Waals surface area contributed by atoms with E-state index in [1.54, 1.807) is 24.3 Å². The van der Waals surface area contributed by atoms with Crippen molar-refractivity contribution in [2.75, 3.05) is 25.5 Å². The van der Waals surface area contributed by atoms with Crippen LogP contribution in [0, 0.1) is 10.1 Å². The Kier molecular flexibility index (Phi) is 7.52. The van der Waals surface area contributed by atoms with Gasteiger partial charge < -0.3 is 15.0 Å². The number of nitrogens with zero attached hydrogens (tertiary/aromatic N) is 2. The van der Waals surface area contributed by atoms with Crippen LogP contribution in [0.25, 0.3) is 0 Å². The number of hydrogen-bond acceptors (Lipinski definition) is 6. The predicted molar refractivity (Wildman–Crippen MR) is 106 cm³/mol. The van der Waals surface area contributed by atoms with Gasteiger partial charge in [-0.2, -0.15) is 0 Å². The maximum atomic E-state index is 12.1. The Morgan fingerprint density at radius 3 is 2.48 bits per heavy atom. The number of nitro groups is 1. The topological polar surface area (TPSA) is 119 Å². The minimum absolute atomic E-state index is 0.0551. The number of hydrogen-bond donors (Lipinski definition) is 1. The van der Waals surface area contributed by atoms with E-state index in [9.17, 15) is 24.5 Å². The summed E-state index contributed by atoms with van der Waals surface area (Å²) in [6, 6.07) is 9.87. The molecule has 0 fully saturated rings. The molecule has 9 nitrogen and oxygen atoms in total. The first-order valence-corrected chi connectivity index (χ1v) is 8.84. The summed E-state index contributed by atoms with van der Waals surface area (Å²) in [5.74, 6) is -2.16. The lowest BCUT2D eigenvalue weighted by Gasteiger charge is -2.17. The van der Waals surface area contributed by atoms with Crippen molar-refractivity contribution in [1.29, 1.82) is 0 Å². The van der Waals surface area contributed by atoms with Gasteiger partial charge in [-0.25, -0.2) is 4.79 Å². The highest BCUT2D eigenvalue weighted by Gasteiger charge is 2.20. The van der Waals surface area contributed by atoms with Gasteiger partial charge in [-0.1, -0.05) is 35.3 Å². The first-order chi connectivity index (χ1) is 13.7. The molecule has 0 heterocycles. The lowest BCUT2D eigenvalue weighted by Crippen LogP contribution is -2.37. The van der Waals surface area contributed by atoms with Gasteiger partial charge in [0.2, 0.25) is 5.91 Å². The molecule has 0 aliphatic carbocycles. The molecule has 0 atom stereocenters. The number of amides is 2. The molecule has 0 aromatic heterocycles. The molecule has 0 aliphatic rings. The molecular formula is C18H15Cl2N3O6. The fourth-order valence-corrected chi connectivity index (χ4v) is 2.53. The fourth-order valence-electron chi connectivity index (χ4n) is 2.15. The van der Waals surface area contributed by atoms with Crippen LogP contribution in [-0.4, -0.2) is 47.8 Å². The zero-order chi connectivity index (χ0) is 21.6. The van der Waals surface area contributed by atoms with Crippen molar-refractivity contribution in [2.24, 2.45) is 0 Å². The van der Waals surface area contributed by atoms with Crippen molar-refractivity contribution in [2.45, 2.75) is 0 Å². The second-order valence-electron chi connectivity index (χ2n) is 5.78. The quantitative estimate of drug-likeness (QED) is 0.401. The van der Waals surface area contributed by atoms with Gasteiger partial charge in [-0.05, 0) is 18.2 Å². The molecule has 0 spiro atoms. The van der Waals surface area contributed by atoms with Crippen molar-refractivity contribution in [3.05, 3.63) is 68.2 Å². The van der Waals surface area contributed by atoms with Crippen LogP contribution in [0.5, 0.6) is 0 Å². The van der Waals surface area contributed by atoms with Crippen LogP contribution < -0.4 is 5.32 Å². The molecule has 2 aromatic rings. The lowest BCUT2D eigenvalue weighted by molar-refractivity contribution is -0.384. The zero-order valence-corrected chi connectivity index (χ0v) is 16.6. The highest BCUT2D eigenvalue weighted by atomic mass is 35.5. The van der Waals surface area contributed by atoms with E-state index >= 15 is 0 Å². The van der Waals surface area contributed by atoms with E-state index in [1.807, 2.05) is 0 Å². The number of nitrogens with one attached hydrogen (secondary N) is 1. The Morgan fingerprint density at radius 2 is 1.83 bits per heavy atom. The molecular weight excluding hydrogens is 425 g/mol. The lowest BCUT2D eigenvalue weighted by atomic mass is 10.2. The van der Waals surface area contributed by atoms with Gasteiger partial charge in [0, 0.05) is 19.2 Å². The highest BCUT2D eigenvalue weighted by Crippen LogP contribution is 2.23. The summed E-state index contributed by atoms with van der Waals surface area (Å²) in [6.07, 6.45) is 0. The number of para-hydroxylation sites is 1. The molecule has 0 radical (unpaired) electrons. The largest absolute Gasteiger partial charge is 0.452 e. The number of nitro benzene ring substituents is 1. The van der Waals surface area contributed by atoms with Crippen LogP contribution in [0.3, 0.4) is 0 Å². The number of ether oxygens (including phenoxy) is 1. The highest BCUT2D eigenvalue weighted by molar-refractivity contribution is 6.34. The molecule has 0 unspecified atom stereocenters. The smallest absolute Gasteiger partial charge is 0.340 e. The van der Waals surface area contributed by atoms with E-state index in [4.69, 9.17) is 27.9 Å². The van der Waals surface area contributed by atoms with Crippen molar-refractivity contribution in [3.63, 3.8) is 0 Å². The normalized spacial score (nSPS) is 10.2. The van der Waals surface area contributed by atoms with Crippen LogP contribution in [0.2, 0.25) is 10.0 Å². The van der Waals surface area contributed by atoms with Crippen molar-refractivity contribution < 1.29 is 24.0 Å². The molecule has 0 saturated carbocycles. The van der Waals surface area contributed by atoms with E-state index in [0.717, 1.165) is 17.0 Å². The number of non-ortho nitro benzene ring substituents is 1. The number of carbonyl (C=O) groups is 3. The van der Waals surface area contributed by atoms with E-state index in [1.165, 1.54) is 13.1 Å². The molecule has 0 bridgehead atoms. The Bertz CT molecular complexity index is 966. The maximum Gasteiger partial charge on any atom is 0.340 e. The number of benzene rings is 2. The molecule has 1 N–H and O–H groups in total. The minimum atomic E-state index is -0.999. The van der Waals surface area contributed by atoms with E-state index in [-0.39, 0.29) is 22.8 Å². The summed E-state index contributed by atoms with van der Waals surface area (Å²) in [5.41, 5.74) is -0.194. The third kappa shape index (κ3) is 6.16. The molecule has 152 valence electrons. The molecule has 2 aromatic carbocycles. The van der Waals surface area contributed by atoms with Crippen LogP contribution in [0.15, 0.2) is 42.5 Å². The molecule has 0 saturated heterocycles. The SMILES string of the molecule is CN(CC(=O)Nc1ccccc1Cl)C(=O)COC(=O)c1cc([N+](=O)[O-])ccc1Cl. The maximum absolute atomic E-state index is 12.1. The number of likely N-dealkylation sites (N-methyl/N-ethyl adjacent to an activating group) is 1. The monoisotopic (exact) mass is 439 g/mol. The van der Waals surface area contributed by atoms with E-state index in [2.05, 4.69) is 5.32 Å². The average Bonchev–Trinajstić information content (AvgIpc) is 2.67. The van der Waals surface area contributed by atoms with Gasteiger partial charge in [0.25, 0.3) is 11.6 Å². The summed E-state index contributed by atoms with van der Waals surface area (Å²) in [5, 5.41) is 13.6. The fraction of sp³-hybridized carbons (Fsp3) is 0.167.